The molecule has 52 heavy (non-hydrogen) atoms. The van der Waals surface area contributed by atoms with Gasteiger partial charge in [0.15, 0.2) is 0 Å². The molecule has 8 heteroatoms. The molecule has 2 unspecified atom stereocenters. The number of carbonyl (C=O) groups excluding carboxylic acids is 1. The summed E-state index contributed by atoms with van der Waals surface area (Å²) < 4.78 is 6.67. The zero-order valence-corrected chi connectivity index (χ0v) is 35.7. The number of nitrogens with zero attached hydrogens (tertiary/aromatic N) is 2. The van der Waals surface area contributed by atoms with Crippen molar-refractivity contribution in [3.8, 4) is 0 Å². The fourth-order valence-corrected chi connectivity index (χ4v) is 11.0. The molecule has 8 nitrogen and oxygen atoms in total. The maximum atomic E-state index is 14.7. The summed E-state index contributed by atoms with van der Waals surface area (Å²) in [6, 6.07) is 0. The molecule has 304 valence electrons. The van der Waals surface area contributed by atoms with E-state index in [1.165, 1.54) is 70.6 Å². The monoisotopic (exact) mass is 735 g/mol. The summed E-state index contributed by atoms with van der Waals surface area (Å²) in [7, 11) is 0. The first-order valence-corrected chi connectivity index (χ1v) is 22.0. The highest BCUT2D eigenvalue weighted by atomic mass is 17.3. The number of fused-ring (bicyclic) bond motifs is 1. The summed E-state index contributed by atoms with van der Waals surface area (Å²) in [4.78, 5) is 40.7. The number of carbonyl (C=O) groups is 1. The van der Waals surface area contributed by atoms with Crippen LogP contribution in [0, 0.1) is 5.92 Å². The van der Waals surface area contributed by atoms with Crippen molar-refractivity contribution in [3.05, 3.63) is 0 Å². The molecule has 4 fully saturated rings. The van der Waals surface area contributed by atoms with Crippen molar-refractivity contribution in [2.75, 3.05) is 13.2 Å². The van der Waals surface area contributed by atoms with Crippen LogP contribution in [0.3, 0.4) is 0 Å². The Morgan fingerprint density at radius 1 is 0.596 bits per heavy atom. The largest absolute Gasteiger partial charge is 0.462 e. The van der Waals surface area contributed by atoms with Crippen LogP contribution in [0.15, 0.2) is 0 Å². The zero-order valence-electron chi connectivity index (χ0n) is 35.7. The molecule has 1 aliphatic carbocycles. The van der Waals surface area contributed by atoms with Gasteiger partial charge in [-0.15, -0.1) is 0 Å². The Bertz CT molecular complexity index is 1050. The third-order valence-corrected chi connectivity index (χ3v) is 12.8. The first-order chi connectivity index (χ1) is 24.6. The molecular weight excluding hydrogens is 652 g/mol. The van der Waals surface area contributed by atoms with E-state index in [0.29, 0.717) is 0 Å². The van der Waals surface area contributed by atoms with Crippen LogP contribution in [0.1, 0.15) is 217 Å². The lowest BCUT2D eigenvalue weighted by Gasteiger charge is -2.67. The second-order valence-corrected chi connectivity index (χ2v) is 19.8. The lowest BCUT2D eigenvalue weighted by atomic mass is 9.58. The molecular formula is C44H82N2O6. The highest BCUT2D eigenvalue weighted by molar-refractivity contribution is 5.75. The van der Waals surface area contributed by atoms with Gasteiger partial charge < -0.3 is 4.74 Å². The quantitative estimate of drug-likeness (QED) is 0.0783. The minimum atomic E-state index is -0.708. The van der Waals surface area contributed by atoms with Crippen LogP contribution in [0.25, 0.3) is 0 Å². The van der Waals surface area contributed by atoms with E-state index < -0.39 is 11.2 Å². The molecule has 0 radical (unpaired) electrons. The standard InChI is InChI=1S/C44H82N2O6/c1-11-13-15-17-22-26-30-48-45-39(3,4)32-36(33-40(45,5)6)50-38(47)37-28-24-20-19-21-25-29-44(37)43(51-52-44)34-41(7,8)46(42(9,10)35-43)49-31-27-23-18-16-14-12-2/h36-37H,11-35H2,1-10H3. The molecule has 0 aromatic carbocycles. The lowest BCUT2D eigenvalue weighted by Crippen LogP contribution is -2.79. The second-order valence-electron chi connectivity index (χ2n) is 19.8. The van der Waals surface area contributed by atoms with Gasteiger partial charge in [0.05, 0.1) is 19.1 Å². The zero-order chi connectivity index (χ0) is 38.1. The summed E-state index contributed by atoms with van der Waals surface area (Å²) in [6.07, 6.45) is 24.8. The fourth-order valence-electron chi connectivity index (χ4n) is 11.0. The number of piperidine rings is 2. The lowest BCUT2D eigenvalue weighted by molar-refractivity contribution is -0.579. The van der Waals surface area contributed by atoms with E-state index in [1.54, 1.807) is 0 Å². The molecule has 3 saturated heterocycles. The maximum absolute atomic E-state index is 14.7. The number of ether oxygens (including phenoxy) is 1. The molecule has 4 rings (SSSR count). The van der Waals surface area contributed by atoms with Crippen molar-refractivity contribution < 1.29 is 29.0 Å². The molecule has 0 aromatic rings. The van der Waals surface area contributed by atoms with E-state index in [0.717, 1.165) is 90.3 Å². The van der Waals surface area contributed by atoms with Gasteiger partial charge in [0.1, 0.15) is 17.3 Å². The van der Waals surface area contributed by atoms with Crippen LogP contribution >= 0.6 is 0 Å². The van der Waals surface area contributed by atoms with Crippen LogP contribution < -0.4 is 0 Å². The third kappa shape index (κ3) is 10.5. The van der Waals surface area contributed by atoms with Crippen LogP contribution in [-0.2, 0) is 29.0 Å². The molecule has 0 N–H and O–H groups in total. The molecule has 0 amide bonds. The van der Waals surface area contributed by atoms with Gasteiger partial charge in [0.25, 0.3) is 0 Å². The van der Waals surface area contributed by atoms with Gasteiger partial charge in [0, 0.05) is 47.8 Å². The highest BCUT2D eigenvalue weighted by Crippen LogP contribution is 2.61. The first-order valence-electron chi connectivity index (χ1n) is 22.0. The highest BCUT2D eigenvalue weighted by Gasteiger charge is 2.73. The van der Waals surface area contributed by atoms with Crippen molar-refractivity contribution in [1.29, 1.82) is 0 Å². The summed E-state index contributed by atoms with van der Waals surface area (Å²) in [5, 5.41) is 4.46. The minimum Gasteiger partial charge on any atom is -0.462 e. The molecule has 1 saturated carbocycles. The second kappa shape index (κ2) is 18.9. The van der Waals surface area contributed by atoms with E-state index in [4.69, 9.17) is 24.2 Å². The molecule has 0 bridgehead atoms. The summed E-state index contributed by atoms with van der Waals surface area (Å²) in [5.74, 6) is -0.463. The number of rotatable bonds is 18. The van der Waals surface area contributed by atoms with Gasteiger partial charge >= 0.3 is 5.97 Å². The van der Waals surface area contributed by atoms with Gasteiger partial charge in [-0.3, -0.25) is 14.5 Å². The van der Waals surface area contributed by atoms with Crippen molar-refractivity contribution >= 4 is 5.97 Å². The van der Waals surface area contributed by atoms with E-state index in [-0.39, 0.29) is 40.1 Å². The van der Waals surface area contributed by atoms with Crippen molar-refractivity contribution in [2.45, 2.75) is 256 Å². The number of hydrogen-bond donors (Lipinski definition) is 0. The molecule has 2 spiro atoms. The maximum Gasteiger partial charge on any atom is 0.312 e. The molecule has 2 atom stereocenters. The normalized spacial score (nSPS) is 28.9. The Kier molecular flexibility index (Phi) is 16.0. The van der Waals surface area contributed by atoms with Gasteiger partial charge in [-0.25, -0.2) is 9.78 Å². The molecule has 4 aliphatic rings. The fraction of sp³-hybridized carbons (Fsp3) is 0.977. The van der Waals surface area contributed by atoms with Gasteiger partial charge in [0.2, 0.25) is 0 Å². The van der Waals surface area contributed by atoms with E-state index >= 15 is 0 Å². The number of hydroxylamine groups is 4. The first kappa shape index (κ1) is 44.0. The van der Waals surface area contributed by atoms with Gasteiger partial charge in [-0.1, -0.05) is 110 Å². The Hall–Kier alpha value is -0.770. The summed E-state index contributed by atoms with van der Waals surface area (Å²) in [5.41, 5.74) is -2.42. The smallest absolute Gasteiger partial charge is 0.312 e. The summed E-state index contributed by atoms with van der Waals surface area (Å²) in [6.45, 7) is 24.1. The Balaban J connectivity index is 1.46. The topological polar surface area (TPSA) is 69.7 Å². The third-order valence-electron chi connectivity index (χ3n) is 12.8. The van der Waals surface area contributed by atoms with Crippen molar-refractivity contribution in [2.24, 2.45) is 5.92 Å². The van der Waals surface area contributed by atoms with E-state index in [1.807, 2.05) is 0 Å². The minimum absolute atomic E-state index is 0.0972. The van der Waals surface area contributed by atoms with Crippen molar-refractivity contribution in [1.82, 2.24) is 10.1 Å². The number of hydrogen-bond acceptors (Lipinski definition) is 8. The SMILES string of the molecule is CCCCCCCCON1C(C)(C)CC(OC(=O)C2CCCCCCCC23OOC32CC(C)(C)N(OCCCCCCCC)C(C)(C)C2)CC1(C)C. The van der Waals surface area contributed by atoms with E-state index in [2.05, 4.69) is 79.4 Å². The van der Waals surface area contributed by atoms with Crippen LogP contribution in [0.4, 0.5) is 0 Å². The Labute approximate surface area is 319 Å². The van der Waals surface area contributed by atoms with Crippen molar-refractivity contribution in [3.63, 3.8) is 0 Å². The molecule has 0 aromatic heterocycles. The van der Waals surface area contributed by atoms with Crippen LogP contribution in [0.2, 0.25) is 0 Å². The average molecular weight is 735 g/mol. The number of esters is 1. The molecule has 3 heterocycles. The van der Waals surface area contributed by atoms with Crippen LogP contribution in [0.5, 0.6) is 0 Å². The molecule has 3 aliphatic heterocycles. The van der Waals surface area contributed by atoms with Gasteiger partial charge in [-0.2, -0.15) is 10.1 Å². The summed E-state index contributed by atoms with van der Waals surface area (Å²) >= 11 is 0. The predicted molar refractivity (Wildman–Crippen MR) is 210 cm³/mol. The Morgan fingerprint density at radius 3 is 1.56 bits per heavy atom. The number of unbranched alkanes of at least 4 members (excludes halogenated alkanes) is 10. The Morgan fingerprint density at radius 2 is 1.06 bits per heavy atom. The van der Waals surface area contributed by atoms with Crippen LogP contribution in [-0.4, -0.2) is 68.8 Å². The van der Waals surface area contributed by atoms with E-state index in [9.17, 15) is 4.79 Å². The predicted octanol–water partition coefficient (Wildman–Crippen LogP) is 11.6. The van der Waals surface area contributed by atoms with Gasteiger partial charge in [-0.05, 0) is 81.1 Å². The average Bonchev–Trinajstić information content (AvgIpc) is 3.16.